The second kappa shape index (κ2) is 4.01. The van der Waals surface area contributed by atoms with Crippen molar-refractivity contribution < 1.29 is 9.21 Å². The van der Waals surface area contributed by atoms with Crippen LogP contribution in [0.25, 0.3) is 11.4 Å². The predicted molar refractivity (Wildman–Crippen MR) is 57.7 cm³/mol. The van der Waals surface area contributed by atoms with Gasteiger partial charge in [-0.15, -0.1) is 0 Å². The van der Waals surface area contributed by atoms with Gasteiger partial charge in [0.05, 0.1) is 5.69 Å². The fraction of sp³-hybridized carbons (Fsp3) is 0.100. The number of aryl methyl sites for hydroxylation is 1. The molecular formula is C10H10N4O2. The summed E-state index contributed by atoms with van der Waals surface area (Å²) in [5.41, 5.74) is 6.22. The highest BCUT2D eigenvalue weighted by Gasteiger charge is 2.06. The number of hydrogen-bond acceptors (Lipinski definition) is 4. The number of carbonyl (C=O) groups excluding carboxylic acids is 1. The number of primary amides is 1. The minimum absolute atomic E-state index is 0.380. The first-order valence-electron chi connectivity index (χ1n) is 4.61. The standard InChI is InChI=1S/C10H10N4O2/c1-6-12-8(5-16-6)7-3-2-4-9(13-7)14-10(11)15/h2-5H,1H3,(H3,11,13,14,15). The number of anilines is 1. The van der Waals surface area contributed by atoms with E-state index in [0.29, 0.717) is 23.1 Å². The maximum Gasteiger partial charge on any atom is 0.317 e. The molecule has 0 fully saturated rings. The van der Waals surface area contributed by atoms with E-state index in [1.54, 1.807) is 25.1 Å². The highest BCUT2D eigenvalue weighted by molar-refractivity contribution is 5.86. The third-order valence-electron chi connectivity index (χ3n) is 1.88. The number of oxazole rings is 1. The van der Waals surface area contributed by atoms with Gasteiger partial charge >= 0.3 is 6.03 Å². The molecule has 3 N–H and O–H groups in total. The number of nitrogens with two attached hydrogens (primary N) is 1. The zero-order chi connectivity index (χ0) is 11.5. The van der Waals surface area contributed by atoms with Crippen LogP contribution in [0.1, 0.15) is 5.89 Å². The molecule has 0 aliphatic carbocycles. The Kier molecular flexibility index (Phi) is 2.55. The van der Waals surface area contributed by atoms with Gasteiger partial charge in [-0.05, 0) is 12.1 Å². The fourth-order valence-electron chi connectivity index (χ4n) is 1.25. The Morgan fingerprint density at radius 1 is 1.38 bits per heavy atom. The average Bonchev–Trinajstić information content (AvgIpc) is 2.64. The largest absolute Gasteiger partial charge is 0.449 e. The Hall–Kier alpha value is -2.37. The average molecular weight is 218 g/mol. The van der Waals surface area contributed by atoms with Gasteiger partial charge in [0.2, 0.25) is 0 Å². The van der Waals surface area contributed by atoms with Gasteiger partial charge in [-0.3, -0.25) is 5.32 Å². The van der Waals surface area contributed by atoms with Gasteiger partial charge in [0.1, 0.15) is 17.8 Å². The Morgan fingerprint density at radius 3 is 2.81 bits per heavy atom. The molecule has 82 valence electrons. The van der Waals surface area contributed by atoms with Crippen molar-refractivity contribution >= 4 is 11.8 Å². The lowest BCUT2D eigenvalue weighted by Crippen LogP contribution is -2.20. The molecule has 6 nitrogen and oxygen atoms in total. The van der Waals surface area contributed by atoms with E-state index in [-0.39, 0.29) is 0 Å². The molecule has 16 heavy (non-hydrogen) atoms. The van der Waals surface area contributed by atoms with Crippen molar-refractivity contribution in [1.82, 2.24) is 9.97 Å². The Balaban J connectivity index is 2.32. The Morgan fingerprint density at radius 2 is 2.19 bits per heavy atom. The number of amides is 2. The summed E-state index contributed by atoms with van der Waals surface area (Å²) < 4.78 is 5.08. The van der Waals surface area contributed by atoms with Crippen molar-refractivity contribution in [2.24, 2.45) is 5.73 Å². The van der Waals surface area contributed by atoms with Crippen molar-refractivity contribution in [3.05, 3.63) is 30.4 Å². The molecule has 0 saturated heterocycles. The third-order valence-corrected chi connectivity index (χ3v) is 1.88. The first-order valence-corrected chi connectivity index (χ1v) is 4.61. The van der Waals surface area contributed by atoms with E-state index in [2.05, 4.69) is 15.3 Å². The Bertz CT molecular complexity index is 521. The van der Waals surface area contributed by atoms with Gasteiger partial charge in [0, 0.05) is 6.92 Å². The summed E-state index contributed by atoms with van der Waals surface area (Å²) in [6, 6.07) is 4.50. The van der Waals surface area contributed by atoms with Crippen LogP contribution < -0.4 is 11.1 Å². The van der Waals surface area contributed by atoms with Crippen molar-refractivity contribution in [3.63, 3.8) is 0 Å². The molecule has 0 radical (unpaired) electrons. The summed E-state index contributed by atoms with van der Waals surface area (Å²) in [4.78, 5) is 18.9. The Labute approximate surface area is 91.5 Å². The van der Waals surface area contributed by atoms with Crippen LogP contribution in [0.2, 0.25) is 0 Å². The lowest BCUT2D eigenvalue weighted by Gasteiger charge is -2.01. The molecule has 0 saturated carbocycles. The summed E-state index contributed by atoms with van der Waals surface area (Å²) in [6.45, 7) is 1.75. The minimum Gasteiger partial charge on any atom is -0.449 e. The molecule has 0 unspecified atom stereocenters. The number of carbonyl (C=O) groups is 1. The second-order valence-corrected chi connectivity index (χ2v) is 3.15. The van der Waals surface area contributed by atoms with E-state index >= 15 is 0 Å². The zero-order valence-corrected chi connectivity index (χ0v) is 8.60. The number of rotatable bonds is 2. The van der Waals surface area contributed by atoms with Gasteiger partial charge in [-0.25, -0.2) is 14.8 Å². The van der Waals surface area contributed by atoms with Crippen molar-refractivity contribution in [1.29, 1.82) is 0 Å². The van der Waals surface area contributed by atoms with Crippen LogP contribution in [0, 0.1) is 6.92 Å². The predicted octanol–water partition coefficient (Wildman–Crippen LogP) is 1.54. The smallest absolute Gasteiger partial charge is 0.317 e. The molecular weight excluding hydrogens is 208 g/mol. The van der Waals surface area contributed by atoms with Crippen LogP contribution in [0.4, 0.5) is 10.6 Å². The number of urea groups is 1. The summed E-state index contributed by atoms with van der Waals surface area (Å²) in [6.07, 6.45) is 1.51. The maximum absolute atomic E-state index is 10.7. The van der Waals surface area contributed by atoms with E-state index in [4.69, 9.17) is 10.2 Å². The number of pyridine rings is 1. The monoisotopic (exact) mass is 218 g/mol. The number of nitrogens with zero attached hydrogens (tertiary/aromatic N) is 2. The van der Waals surface area contributed by atoms with Gasteiger partial charge in [0.15, 0.2) is 5.89 Å². The molecule has 2 aromatic rings. The van der Waals surface area contributed by atoms with Gasteiger partial charge in [-0.2, -0.15) is 0 Å². The van der Waals surface area contributed by atoms with Gasteiger partial charge in [-0.1, -0.05) is 6.07 Å². The highest BCUT2D eigenvalue weighted by atomic mass is 16.3. The van der Waals surface area contributed by atoms with Crippen molar-refractivity contribution in [2.75, 3.05) is 5.32 Å². The SMILES string of the molecule is Cc1nc(-c2cccc(NC(N)=O)n2)co1. The second-order valence-electron chi connectivity index (χ2n) is 3.15. The number of nitrogens with one attached hydrogen (secondary N) is 1. The summed E-state index contributed by atoms with van der Waals surface area (Å²) in [7, 11) is 0. The van der Waals surface area contributed by atoms with Crippen LogP contribution in [0.3, 0.4) is 0 Å². The normalized spacial score (nSPS) is 10.1. The number of aromatic nitrogens is 2. The molecule has 0 aliphatic rings. The number of hydrogen-bond donors (Lipinski definition) is 2. The van der Waals surface area contributed by atoms with Crippen LogP contribution in [-0.4, -0.2) is 16.0 Å². The maximum atomic E-state index is 10.7. The quantitative estimate of drug-likeness (QED) is 0.799. The van der Waals surface area contributed by atoms with Crippen LogP contribution in [0.15, 0.2) is 28.9 Å². The molecule has 0 bridgehead atoms. The molecule has 0 aromatic carbocycles. The highest BCUT2D eigenvalue weighted by Crippen LogP contribution is 2.17. The molecule has 0 atom stereocenters. The van der Waals surface area contributed by atoms with Gasteiger partial charge in [0.25, 0.3) is 0 Å². The third kappa shape index (κ3) is 2.17. The minimum atomic E-state index is -0.652. The molecule has 2 rings (SSSR count). The summed E-state index contributed by atoms with van der Waals surface area (Å²) in [5, 5.41) is 2.39. The molecule has 0 spiro atoms. The zero-order valence-electron chi connectivity index (χ0n) is 8.60. The van der Waals surface area contributed by atoms with Crippen LogP contribution in [-0.2, 0) is 0 Å². The van der Waals surface area contributed by atoms with Gasteiger partial charge < -0.3 is 10.2 Å². The van der Waals surface area contributed by atoms with Crippen molar-refractivity contribution in [2.45, 2.75) is 6.92 Å². The molecule has 6 heteroatoms. The van der Waals surface area contributed by atoms with Crippen LogP contribution in [0.5, 0.6) is 0 Å². The lowest BCUT2D eigenvalue weighted by molar-refractivity contribution is 0.259. The van der Waals surface area contributed by atoms with Crippen molar-refractivity contribution in [3.8, 4) is 11.4 Å². The molecule has 2 amide bonds. The van der Waals surface area contributed by atoms with E-state index in [1.165, 1.54) is 6.26 Å². The first-order chi connectivity index (χ1) is 7.65. The van der Waals surface area contributed by atoms with E-state index in [0.717, 1.165) is 0 Å². The van der Waals surface area contributed by atoms with E-state index in [1.807, 2.05) is 0 Å². The van der Waals surface area contributed by atoms with E-state index in [9.17, 15) is 4.79 Å². The molecule has 0 aliphatic heterocycles. The fourth-order valence-corrected chi connectivity index (χ4v) is 1.25. The molecule has 2 heterocycles. The summed E-state index contributed by atoms with van der Waals surface area (Å²) >= 11 is 0. The lowest BCUT2D eigenvalue weighted by atomic mass is 10.3. The first kappa shape index (κ1) is 10.2. The molecule has 2 aromatic heterocycles. The summed E-state index contributed by atoms with van der Waals surface area (Å²) in [5.74, 6) is 0.940. The van der Waals surface area contributed by atoms with E-state index < -0.39 is 6.03 Å². The van der Waals surface area contributed by atoms with Crippen LogP contribution >= 0.6 is 0 Å². The topological polar surface area (TPSA) is 94.0 Å².